The van der Waals surface area contributed by atoms with Crippen molar-refractivity contribution < 1.29 is 0 Å². The molecule has 2 atom stereocenters. The molecular formula is C11H19BrN2. The number of alkyl halides is 1. The molecule has 0 fully saturated rings. The lowest BCUT2D eigenvalue weighted by atomic mass is 10.0. The first kappa shape index (κ1) is 11.8. The number of aryl methyl sites for hydroxylation is 1. The van der Waals surface area contributed by atoms with Gasteiger partial charge in [-0.25, -0.2) is 0 Å². The SMILES string of the molecule is CCCn1cc(C(C)CC(C)Br)cn1. The van der Waals surface area contributed by atoms with Crippen LogP contribution >= 0.6 is 15.9 Å². The Morgan fingerprint density at radius 2 is 2.21 bits per heavy atom. The lowest BCUT2D eigenvalue weighted by Gasteiger charge is -2.10. The van der Waals surface area contributed by atoms with E-state index >= 15 is 0 Å². The molecular weight excluding hydrogens is 240 g/mol. The summed E-state index contributed by atoms with van der Waals surface area (Å²) < 4.78 is 2.03. The molecule has 0 aliphatic rings. The first-order valence-electron chi connectivity index (χ1n) is 5.30. The summed E-state index contributed by atoms with van der Waals surface area (Å²) in [6.07, 6.45) is 6.47. The Morgan fingerprint density at radius 3 is 2.79 bits per heavy atom. The first-order valence-corrected chi connectivity index (χ1v) is 6.21. The van der Waals surface area contributed by atoms with Gasteiger partial charge >= 0.3 is 0 Å². The zero-order valence-electron chi connectivity index (χ0n) is 9.20. The summed E-state index contributed by atoms with van der Waals surface area (Å²) in [6, 6.07) is 0. The average molecular weight is 259 g/mol. The molecule has 2 nitrogen and oxygen atoms in total. The highest BCUT2D eigenvalue weighted by Gasteiger charge is 2.10. The van der Waals surface area contributed by atoms with Gasteiger partial charge in [0.25, 0.3) is 0 Å². The van der Waals surface area contributed by atoms with E-state index in [0.717, 1.165) is 19.4 Å². The van der Waals surface area contributed by atoms with Gasteiger partial charge in [-0.2, -0.15) is 5.10 Å². The minimum absolute atomic E-state index is 0.576. The average Bonchev–Trinajstić information content (AvgIpc) is 2.52. The molecule has 2 unspecified atom stereocenters. The maximum atomic E-state index is 4.34. The van der Waals surface area contributed by atoms with E-state index in [4.69, 9.17) is 0 Å². The minimum atomic E-state index is 0.576. The Labute approximate surface area is 94.8 Å². The van der Waals surface area contributed by atoms with E-state index in [1.165, 1.54) is 5.56 Å². The molecule has 0 aromatic carbocycles. The van der Waals surface area contributed by atoms with Gasteiger partial charge in [-0.3, -0.25) is 4.68 Å². The van der Waals surface area contributed by atoms with E-state index in [1.54, 1.807) is 0 Å². The quantitative estimate of drug-likeness (QED) is 0.739. The molecule has 0 saturated heterocycles. The molecule has 0 spiro atoms. The molecule has 1 rings (SSSR count). The fourth-order valence-corrected chi connectivity index (χ4v) is 2.17. The Balaban J connectivity index is 2.57. The maximum Gasteiger partial charge on any atom is 0.0524 e. The van der Waals surface area contributed by atoms with Crippen molar-refractivity contribution in [1.82, 2.24) is 9.78 Å². The molecule has 3 heteroatoms. The molecule has 0 aliphatic carbocycles. The van der Waals surface area contributed by atoms with Crippen LogP contribution in [0.15, 0.2) is 12.4 Å². The lowest BCUT2D eigenvalue weighted by molar-refractivity contribution is 0.600. The maximum absolute atomic E-state index is 4.34. The van der Waals surface area contributed by atoms with Crippen molar-refractivity contribution >= 4 is 15.9 Å². The normalized spacial score (nSPS) is 15.4. The monoisotopic (exact) mass is 258 g/mol. The summed E-state index contributed by atoms with van der Waals surface area (Å²) in [5, 5.41) is 4.34. The molecule has 80 valence electrons. The van der Waals surface area contributed by atoms with Gasteiger partial charge < -0.3 is 0 Å². The van der Waals surface area contributed by atoms with Crippen molar-refractivity contribution in [1.29, 1.82) is 0 Å². The van der Waals surface area contributed by atoms with Crippen LogP contribution in [0.4, 0.5) is 0 Å². The van der Waals surface area contributed by atoms with Gasteiger partial charge in [0, 0.05) is 17.6 Å². The Bertz CT molecular complexity index is 268. The van der Waals surface area contributed by atoms with Crippen molar-refractivity contribution in [2.24, 2.45) is 0 Å². The van der Waals surface area contributed by atoms with E-state index in [1.807, 2.05) is 10.9 Å². The van der Waals surface area contributed by atoms with Gasteiger partial charge in [0.2, 0.25) is 0 Å². The molecule has 1 heterocycles. The zero-order chi connectivity index (χ0) is 10.6. The van der Waals surface area contributed by atoms with Crippen LogP contribution in [0, 0.1) is 0 Å². The van der Waals surface area contributed by atoms with Crippen LogP contribution in [-0.2, 0) is 6.54 Å². The molecule has 0 aliphatic heterocycles. The number of hydrogen-bond donors (Lipinski definition) is 0. The molecule has 0 saturated carbocycles. The molecule has 0 bridgehead atoms. The molecule has 1 aromatic heterocycles. The molecule has 14 heavy (non-hydrogen) atoms. The molecule has 0 amide bonds. The minimum Gasteiger partial charge on any atom is -0.272 e. The van der Waals surface area contributed by atoms with Gasteiger partial charge in [0.1, 0.15) is 0 Å². The van der Waals surface area contributed by atoms with Crippen LogP contribution in [0.5, 0.6) is 0 Å². The van der Waals surface area contributed by atoms with Crippen molar-refractivity contribution in [3.05, 3.63) is 18.0 Å². The van der Waals surface area contributed by atoms with Crippen LogP contribution < -0.4 is 0 Å². The number of rotatable bonds is 5. The summed E-state index contributed by atoms with van der Waals surface area (Å²) in [5.41, 5.74) is 1.35. The van der Waals surface area contributed by atoms with Gasteiger partial charge in [-0.05, 0) is 24.3 Å². The van der Waals surface area contributed by atoms with Gasteiger partial charge in [-0.1, -0.05) is 36.7 Å². The topological polar surface area (TPSA) is 17.8 Å². The van der Waals surface area contributed by atoms with E-state index in [2.05, 4.69) is 48.0 Å². The second kappa shape index (κ2) is 5.54. The van der Waals surface area contributed by atoms with E-state index < -0.39 is 0 Å². The number of aromatic nitrogens is 2. The van der Waals surface area contributed by atoms with Crippen molar-refractivity contribution in [2.75, 3.05) is 0 Å². The fraction of sp³-hybridized carbons (Fsp3) is 0.727. The smallest absolute Gasteiger partial charge is 0.0524 e. The highest BCUT2D eigenvalue weighted by atomic mass is 79.9. The van der Waals surface area contributed by atoms with E-state index in [-0.39, 0.29) is 0 Å². The highest BCUT2D eigenvalue weighted by molar-refractivity contribution is 9.09. The molecule has 0 N–H and O–H groups in total. The molecule has 0 radical (unpaired) electrons. The van der Waals surface area contributed by atoms with E-state index in [9.17, 15) is 0 Å². The largest absolute Gasteiger partial charge is 0.272 e. The van der Waals surface area contributed by atoms with Gasteiger partial charge in [0.05, 0.1) is 6.20 Å². The third kappa shape index (κ3) is 3.45. The summed E-state index contributed by atoms with van der Waals surface area (Å²) in [7, 11) is 0. The number of nitrogens with zero attached hydrogens (tertiary/aromatic N) is 2. The van der Waals surface area contributed by atoms with Crippen LogP contribution in [0.25, 0.3) is 0 Å². The summed E-state index contributed by atoms with van der Waals surface area (Å²) >= 11 is 3.58. The van der Waals surface area contributed by atoms with Crippen molar-refractivity contribution in [3.63, 3.8) is 0 Å². The molecule has 1 aromatic rings. The zero-order valence-corrected chi connectivity index (χ0v) is 10.8. The van der Waals surface area contributed by atoms with E-state index in [0.29, 0.717) is 10.7 Å². The Kier molecular flexibility index (Phi) is 4.66. The number of hydrogen-bond acceptors (Lipinski definition) is 1. The van der Waals surface area contributed by atoms with Crippen LogP contribution in [0.3, 0.4) is 0 Å². The van der Waals surface area contributed by atoms with Crippen LogP contribution in [-0.4, -0.2) is 14.6 Å². The second-order valence-corrected chi connectivity index (χ2v) is 5.52. The second-order valence-electron chi connectivity index (χ2n) is 3.95. The summed E-state index contributed by atoms with van der Waals surface area (Å²) in [5.74, 6) is 0.593. The third-order valence-corrected chi connectivity index (χ3v) is 2.73. The van der Waals surface area contributed by atoms with Gasteiger partial charge in [0.15, 0.2) is 0 Å². The summed E-state index contributed by atoms with van der Waals surface area (Å²) in [6.45, 7) is 7.64. The Hall–Kier alpha value is -0.310. The standard InChI is InChI=1S/C11H19BrN2/c1-4-5-14-8-11(7-13-14)9(2)6-10(3)12/h7-10H,4-6H2,1-3H3. The first-order chi connectivity index (χ1) is 6.63. The fourth-order valence-electron chi connectivity index (χ4n) is 1.61. The van der Waals surface area contributed by atoms with Crippen LogP contribution in [0.2, 0.25) is 0 Å². The van der Waals surface area contributed by atoms with Crippen molar-refractivity contribution in [2.45, 2.75) is 50.9 Å². The van der Waals surface area contributed by atoms with Crippen LogP contribution in [0.1, 0.15) is 45.1 Å². The summed E-state index contributed by atoms with van der Waals surface area (Å²) in [4.78, 5) is 0.576. The predicted molar refractivity (Wildman–Crippen MR) is 63.9 cm³/mol. The Morgan fingerprint density at radius 1 is 1.50 bits per heavy atom. The predicted octanol–water partition coefficient (Wildman–Crippen LogP) is 3.57. The number of halogens is 1. The third-order valence-electron chi connectivity index (χ3n) is 2.35. The van der Waals surface area contributed by atoms with Crippen molar-refractivity contribution in [3.8, 4) is 0 Å². The highest BCUT2D eigenvalue weighted by Crippen LogP contribution is 2.22. The lowest BCUT2D eigenvalue weighted by Crippen LogP contribution is -2.00. The van der Waals surface area contributed by atoms with Gasteiger partial charge in [-0.15, -0.1) is 0 Å².